The second-order valence-electron chi connectivity index (χ2n) is 6.92. The van der Waals surface area contributed by atoms with Gasteiger partial charge in [0.05, 0.1) is 22.8 Å². The predicted octanol–water partition coefficient (Wildman–Crippen LogP) is 4.30. The number of hydrogen-bond donors (Lipinski definition) is 1. The Hall–Kier alpha value is -2.41. The van der Waals surface area contributed by atoms with Crippen molar-refractivity contribution < 1.29 is 14.3 Å². The number of pyridine rings is 2. The molecule has 0 aromatic carbocycles. The number of hydrogen-bond acceptors (Lipinski definition) is 6. The van der Waals surface area contributed by atoms with E-state index in [1.54, 1.807) is 13.0 Å². The third kappa shape index (κ3) is 6.03. The molecule has 2 aromatic heterocycles. The Labute approximate surface area is 176 Å². The van der Waals surface area contributed by atoms with Crippen LogP contribution in [-0.4, -0.2) is 52.5 Å². The van der Waals surface area contributed by atoms with E-state index in [-0.39, 0.29) is 24.1 Å². The van der Waals surface area contributed by atoms with Crippen molar-refractivity contribution in [3.05, 3.63) is 29.0 Å². The van der Waals surface area contributed by atoms with Gasteiger partial charge in [0.25, 0.3) is 0 Å². The van der Waals surface area contributed by atoms with Crippen molar-refractivity contribution in [1.82, 2.24) is 14.9 Å². The first-order valence-electron chi connectivity index (χ1n) is 10.1. The normalized spacial score (nSPS) is 11.9. The summed E-state index contributed by atoms with van der Waals surface area (Å²) in [4.78, 5) is 35.6. The van der Waals surface area contributed by atoms with Gasteiger partial charge in [-0.2, -0.15) is 0 Å². The second-order valence-corrected chi connectivity index (χ2v) is 7.36. The first-order chi connectivity index (χ1) is 13.9. The molecule has 0 fully saturated rings. The Morgan fingerprint density at radius 2 is 1.86 bits per heavy atom. The monoisotopic (exact) mass is 420 g/mol. The fourth-order valence-electron chi connectivity index (χ4n) is 3.15. The van der Waals surface area contributed by atoms with Crippen LogP contribution in [0.2, 0.25) is 5.02 Å². The molecule has 1 atom stereocenters. The number of amides is 1. The van der Waals surface area contributed by atoms with Gasteiger partial charge in [0.1, 0.15) is 11.1 Å². The molecule has 0 saturated heterocycles. The lowest BCUT2D eigenvalue weighted by atomic mass is 10.1. The number of nitrogens with one attached hydrogen (secondary N) is 1. The Bertz CT molecular complexity index is 853. The second kappa shape index (κ2) is 11.0. The highest BCUT2D eigenvalue weighted by Gasteiger charge is 2.21. The molecule has 7 nitrogen and oxygen atoms in total. The molecule has 1 amide bonds. The topological polar surface area (TPSA) is 84.4 Å². The lowest BCUT2D eigenvalue weighted by molar-refractivity contribution is -0.131. The van der Waals surface area contributed by atoms with Gasteiger partial charge in [-0.15, -0.1) is 0 Å². The summed E-state index contributed by atoms with van der Waals surface area (Å²) in [5, 5.41) is 3.74. The maximum Gasteiger partial charge on any atom is 0.341 e. The summed E-state index contributed by atoms with van der Waals surface area (Å²) >= 11 is 6.03. The van der Waals surface area contributed by atoms with E-state index in [1.807, 2.05) is 11.8 Å². The number of rotatable bonds is 10. The molecule has 2 rings (SSSR count). The molecule has 0 aliphatic carbocycles. The van der Waals surface area contributed by atoms with Crippen LogP contribution in [0.5, 0.6) is 0 Å². The van der Waals surface area contributed by atoms with Crippen LogP contribution < -0.4 is 5.32 Å². The first-order valence-corrected chi connectivity index (χ1v) is 10.4. The van der Waals surface area contributed by atoms with E-state index in [2.05, 4.69) is 29.1 Å². The van der Waals surface area contributed by atoms with E-state index in [1.165, 1.54) is 12.4 Å². The molecule has 0 bridgehead atoms. The largest absolute Gasteiger partial charge is 0.462 e. The van der Waals surface area contributed by atoms with Crippen LogP contribution in [0.3, 0.4) is 0 Å². The SMILES string of the molecule is CCCN(CCC)C(=O)CC(C)Nc1c(C(=O)OCC)cnc2cc(Cl)cnc12. The van der Waals surface area contributed by atoms with Gasteiger partial charge in [0.15, 0.2) is 0 Å². The number of carbonyl (C=O) groups is 2. The van der Waals surface area contributed by atoms with Crippen molar-refractivity contribution in [3.63, 3.8) is 0 Å². The zero-order valence-electron chi connectivity index (χ0n) is 17.5. The molecule has 8 heteroatoms. The number of aromatic nitrogens is 2. The summed E-state index contributed by atoms with van der Waals surface area (Å²) in [5.74, 6) is -0.404. The fraction of sp³-hybridized carbons (Fsp3) is 0.524. The van der Waals surface area contributed by atoms with Gasteiger partial charge in [-0.1, -0.05) is 25.4 Å². The van der Waals surface area contributed by atoms with Crippen LogP contribution in [0, 0.1) is 0 Å². The van der Waals surface area contributed by atoms with Crippen molar-refractivity contribution in [2.24, 2.45) is 0 Å². The molecule has 0 aliphatic heterocycles. The zero-order chi connectivity index (χ0) is 21.4. The fourth-order valence-corrected chi connectivity index (χ4v) is 3.30. The van der Waals surface area contributed by atoms with Crippen LogP contribution >= 0.6 is 11.6 Å². The van der Waals surface area contributed by atoms with Crippen LogP contribution in [0.15, 0.2) is 18.5 Å². The van der Waals surface area contributed by atoms with Crippen molar-refractivity contribution in [2.45, 2.75) is 53.0 Å². The Morgan fingerprint density at radius 3 is 2.48 bits per heavy atom. The highest BCUT2D eigenvalue weighted by molar-refractivity contribution is 6.31. The number of carbonyl (C=O) groups excluding carboxylic acids is 2. The smallest absolute Gasteiger partial charge is 0.341 e. The van der Waals surface area contributed by atoms with Gasteiger partial charge in [0, 0.05) is 37.9 Å². The first kappa shape index (κ1) is 22.9. The summed E-state index contributed by atoms with van der Waals surface area (Å²) < 4.78 is 5.16. The summed E-state index contributed by atoms with van der Waals surface area (Å²) in [5.41, 5.74) is 1.86. The minimum Gasteiger partial charge on any atom is -0.462 e. The lowest BCUT2D eigenvalue weighted by Crippen LogP contribution is -2.35. The van der Waals surface area contributed by atoms with Gasteiger partial charge >= 0.3 is 5.97 Å². The molecule has 0 radical (unpaired) electrons. The Morgan fingerprint density at radius 1 is 1.17 bits per heavy atom. The van der Waals surface area contributed by atoms with E-state index in [4.69, 9.17) is 16.3 Å². The van der Waals surface area contributed by atoms with Gasteiger partial charge in [0.2, 0.25) is 5.91 Å². The average molecular weight is 421 g/mol. The van der Waals surface area contributed by atoms with Gasteiger partial charge in [-0.25, -0.2) is 4.79 Å². The lowest BCUT2D eigenvalue weighted by Gasteiger charge is -2.24. The summed E-state index contributed by atoms with van der Waals surface area (Å²) in [6.07, 6.45) is 5.10. The number of halogens is 1. The molecular weight excluding hydrogens is 392 g/mol. The maximum atomic E-state index is 12.7. The van der Waals surface area contributed by atoms with Gasteiger partial charge < -0.3 is 15.0 Å². The predicted molar refractivity (Wildman–Crippen MR) is 115 cm³/mol. The molecule has 2 aromatic rings. The number of nitrogens with zero attached hydrogens (tertiary/aromatic N) is 3. The number of fused-ring (bicyclic) bond motifs is 1. The number of esters is 1. The van der Waals surface area contributed by atoms with Crippen molar-refractivity contribution in [3.8, 4) is 0 Å². The highest BCUT2D eigenvalue weighted by atomic mass is 35.5. The zero-order valence-corrected chi connectivity index (χ0v) is 18.3. The van der Waals surface area contributed by atoms with Crippen molar-refractivity contribution in [2.75, 3.05) is 25.0 Å². The molecule has 29 heavy (non-hydrogen) atoms. The summed E-state index contributed by atoms with van der Waals surface area (Å²) in [7, 11) is 0. The van der Waals surface area contributed by atoms with E-state index >= 15 is 0 Å². The summed E-state index contributed by atoms with van der Waals surface area (Å²) in [6, 6.07) is 1.47. The van der Waals surface area contributed by atoms with Crippen LogP contribution in [-0.2, 0) is 9.53 Å². The molecule has 0 saturated carbocycles. The van der Waals surface area contributed by atoms with Crippen LogP contribution in [0.1, 0.15) is 57.3 Å². The molecule has 158 valence electrons. The average Bonchev–Trinajstić information content (AvgIpc) is 2.67. The maximum absolute atomic E-state index is 12.7. The van der Waals surface area contributed by atoms with Crippen molar-refractivity contribution >= 4 is 40.2 Å². The number of anilines is 1. The highest BCUT2D eigenvalue weighted by Crippen LogP contribution is 2.27. The van der Waals surface area contributed by atoms with E-state index in [0.29, 0.717) is 28.2 Å². The van der Waals surface area contributed by atoms with Gasteiger partial charge in [-0.05, 0) is 32.8 Å². The minimum atomic E-state index is -0.488. The quantitative estimate of drug-likeness (QED) is 0.577. The third-order valence-electron chi connectivity index (χ3n) is 4.38. The molecule has 1 N–H and O–H groups in total. The molecule has 1 unspecified atom stereocenters. The Balaban J connectivity index is 2.31. The number of ether oxygens (including phenoxy) is 1. The van der Waals surface area contributed by atoms with Crippen LogP contribution in [0.25, 0.3) is 11.0 Å². The third-order valence-corrected chi connectivity index (χ3v) is 4.59. The van der Waals surface area contributed by atoms with E-state index in [0.717, 1.165) is 25.9 Å². The van der Waals surface area contributed by atoms with Crippen LogP contribution in [0.4, 0.5) is 5.69 Å². The van der Waals surface area contributed by atoms with Crippen molar-refractivity contribution in [1.29, 1.82) is 0 Å². The minimum absolute atomic E-state index is 0.0840. The van der Waals surface area contributed by atoms with E-state index in [9.17, 15) is 9.59 Å². The van der Waals surface area contributed by atoms with Gasteiger partial charge in [-0.3, -0.25) is 14.8 Å². The summed E-state index contributed by atoms with van der Waals surface area (Å²) in [6.45, 7) is 9.50. The Kier molecular flexibility index (Phi) is 8.64. The molecular formula is C21H29ClN4O3. The molecule has 2 heterocycles. The van der Waals surface area contributed by atoms with E-state index < -0.39 is 5.97 Å². The standard InChI is InChI=1S/C21H29ClN4O3/c1-5-8-26(9-6-2)18(27)10-14(4)25-19-16(21(28)29-7-3)13-23-17-11-15(22)12-24-20(17)19/h11-14H,5-10H2,1-4H3,(H,23,25). The molecule has 0 aliphatic rings. The molecule has 0 spiro atoms.